The fourth-order valence-electron chi connectivity index (χ4n) is 1.68. The Balaban J connectivity index is 0.000000980. The molecule has 0 saturated heterocycles. The summed E-state index contributed by atoms with van der Waals surface area (Å²) < 4.78 is 0. The number of fused-ring (bicyclic) bond motifs is 1. The van der Waals surface area contributed by atoms with Crippen molar-refractivity contribution in [2.24, 2.45) is 0 Å². The first-order chi connectivity index (χ1) is 6.20. The molecule has 68 valence electrons. The minimum absolute atomic E-state index is 0. The molecule has 14 heavy (non-hydrogen) atoms. The van der Waals surface area contributed by atoms with Gasteiger partial charge in [-0.25, -0.2) is 0 Å². The van der Waals surface area contributed by atoms with Gasteiger partial charge in [-0.15, -0.1) is 29.0 Å². The Morgan fingerprint density at radius 2 is 1.86 bits per heavy atom. The number of aryl methyl sites for hydroxylation is 2. The number of hydrogen-bond donors (Lipinski definition) is 0. The maximum atomic E-state index is 11.6. The number of rotatable bonds is 0. The second kappa shape index (κ2) is 3.09. The van der Waals surface area contributed by atoms with E-state index in [-0.39, 0.29) is 5.43 Å². The smallest absolute Gasteiger partial charge is 0.104 e. The summed E-state index contributed by atoms with van der Waals surface area (Å²) >= 11 is 0. The molecule has 0 amide bonds. The molecule has 1 nitrogen and oxygen atoms in total. The van der Waals surface area contributed by atoms with E-state index in [1.54, 1.807) is 0 Å². The molecule has 0 bridgehead atoms. The molecule has 0 heterocycles. The third-order valence-corrected chi connectivity index (χ3v) is 2.44. The van der Waals surface area contributed by atoms with Crippen molar-refractivity contribution in [1.29, 1.82) is 0 Å². The van der Waals surface area contributed by atoms with Crippen LogP contribution in [0, 0.1) is 13.8 Å². The third kappa shape index (κ3) is 1.14. The Kier molecular flexibility index (Phi) is 2.12. The maximum Gasteiger partial charge on any atom is 0.104 e. The zero-order valence-electron chi connectivity index (χ0n) is 8.50. The minimum Gasteiger partial charge on any atom is -0.311 e. The topological polar surface area (TPSA) is 17.1 Å². The fourth-order valence-corrected chi connectivity index (χ4v) is 1.68. The third-order valence-electron chi connectivity index (χ3n) is 2.44. The molecule has 0 aliphatic carbocycles. The Bertz CT molecular complexity index is 511. The first kappa shape index (κ1) is 9.59. The molecule has 2 heteroatoms. The summed E-state index contributed by atoms with van der Waals surface area (Å²) in [5.41, 5.74) is 1.85. The van der Waals surface area contributed by atoms with Gasteiger partial charge in [0, 0.05) is 0 Å². The molecule has 2 rings (SSSR count). The SMILES string of the molecule is Cc1cc2ccccc2[c-](C)c1=O.[Rf]. The van der Waals surface area contributed by atoms with Crippen LogP contribution in [0.3, 0.4) is 0 Å². The fraction of sp³-hybridized carbons (Fsp3) is 0.167. The van der Waals surface area contributed by atoms with E-state index in [0.717, 1.165) is 21.9 Å². The van der Waals surface area contributed by atoms with E-state index in [4.69, 9.17) is 0 Å². The van der Waals surface area contributed by atoms with Crippen molar-refractivity contribution in [2.45, 2.75) is 13.8 Å². The Hall–Kier alpha value is -2.50. The van der Waals surface area contributed by atoms with E-state index in [1.165, 1.54) is 0 Å². The first-order valence-electron chi connectivity index (χ1n) is 4.36. The van der Waals surface area contributed by atoms with Crippen LogP contribution in [-0.4, -0.2) is 0 Å². The van der Waals surface area contributed by atoms with Crippen LogP contribution >= 0.6 is 0 Å². The van der Waals surface area contributed by atoms with Crippen molar-refractivity contribution >= 4 is 10.8 Å². The van der Waals surface area contributed by atoms with Crippen LogP contribution < -0.4 is 5.43 Å². The molecule has 2 aromatic carbocycles. The standard InChI is InChI=1S/C12H11O.Rf/c1-8-7-10-5-3-4-6-11(10)9(2)12(8)13;/h3-7H,1-2H3;/q-1;. The summed E-state index contributed by atoms with van der Waals surface area (Å²) in [6.45, 7) is 3.75. The van der Waals surface area contributed by atoms with Crippen molar-refractivity contribution in [3.8, 4) is 0 Å². The molecule has 0 radical (unpaired) electrons. The van der Waals surface area contributed by atoms with E-state index in [1.807, 2.05) is 44.2 Å². The molecule has 0 aliphatic heterocycles. The Morgan fingerprint density at radius 1 is 1.21 bits per heavy atom. The maximum absolute atomic E-state index is 11.6. The normalized spacial score (nSPS) is 9.86. The summed E-state index contributed by atoms with van der Waals surface area (Å²) in [6.07, 6.45) is 0. The summed E-state index contributed by atoms with van der Waals surface area (Å²) in [6, 6.07) is 9.93. The van der Waals surface area contributed by atoms with Crippen molar-refractivity contribution in [3.05, 3.63) is 51.7 Å². The van der Waals surface area contributed by atoms with Crippen LogP contribution in [0.1, 0.15) is 11.1 Å². The number of hydrogen-bond acceptors (Lipinski definition) is 1. The first-order valence-corrected chi connectivity index (χ1v) is 4.36. The Morgan fingerprint density at radius 3 is 2.57 bits per heavy atom. The van der Waals surface area contributed by atoms with Crippen LogP contribution in [0.15, 0.2) is 35.1 Å². The van der Waals surface area contributed by atoms with Crippen LogP contribution in [-0.2, 0) is 0 Å². The van der Waals surface area contributed by atoms with Crippen LogP contribution in [0.5, 0.6) is 0 Å². The van der Waals surface area contributed by atoms with Crippen molar-refractivity contribution < 1.29 is 0 Å². The molecular formula is C12H11ORf-. The van der Waals surface area contributed by atoms with Gasteiger partial charge in [0.15, 0.2) is 0 Å². The summed E-state index contributed by atoms with van der Waals surface area (Å²) in [5.74, 6) is 0. The van der Waals surface area contributed by atoms with E-state index >= 15 is 0 Å². The largest absolute Gasteiger partial charge is 0.311 e. The summed E-state index contributed by atoms with van der Waals surface area (Å²) in [4.78, 5) is 11.6. The summed E-state index contributed by atoms with van der Waals surface area (Å²) in [7, 11) is 0. The van der Waals surface area contributed by atoms with Gasteiger partial charge in [-0.2, -0.15) is 0 Å². The molecule has 0 aromatic heterocycles. The number of benzene rings is 2. The van der Waals surface area contributed by atoms with Gasteiger partial charge in [0.05, 0.1) is 0 Å². The van der Waals surface area contributed by atoms with Gasteiger partial charge in [0.2, 0.25) is 0 Å². The van der Waals surface area contributed by atoms with E-state index in [2.05, 4.69) is 0 Å². The van der Waals surface area contributed by atoms with Crippen molar-refractivity contribution in [2.75, 3.05) is 0 Å². The minimum atomic E-state index is 0. The monoisotopic (exact) mass is 438 g/mol. The van der Waals surface area contributed by atoms with Crippen molar-refractivity contribution in [3.63, 3.8) is 0 Å². The zero-order chi connectivity index (χ0) is 9.42. The van der Waals surface area contributed by atoms with Crippen LogP contribution in [0.2, 0.25) is 0 Å². The van der Waals surface area contributed by atoms with Gasteiger partial charge in [-0.05, 0) is 0 Å². The molecule has 0 atom stereocenters. The molecule has 0 N–H and O–H groups in total. The van der Waals surface area contributed by atoms with Gasteiger partial charge < -0.3 is 4.79 Å². The van der Waals surface area contributed by atoms with Crippen molar-refractivity contribution in [1.82, 2.24) is 0 Å². The van der Waals surface area contributed by atoms with Gasteiger partial charge >= 0.3 is 0 Å². The van der Waals surface area contributed by atoms with E-state index in [0.29, 0.717) is 0 Å². The zero-order valence-corrected chi connectivity index (χ0v) is 14.9. The predicted molar refractivity (Wildman–Crippen MR) is 55.3 cm³/mol. The molecular weight excluding hydrogens is 427 g/mol. The van der Waals surface area contributed by atoms with E-state index in [9.17, 15) is 4.79 Å². The molecule has 0 saturated carbocycles. The van der Waals surface area contributed by atoms with Gasteiger partial charge in [-0.3, -0.25) is 0 Å². The quantitative estimate of drug-likeness (QED) is 0.579. The predicted octanol–water partition coefficient (Wildman–Crippen LogP) is 2.54. The molecule has 0 unspecified atom stereocenters. The van der Waals surface area contributed by atoms with Crippen LogP contribution in [0.4, 0.5) is 0 Å². The molecule has 2 aromatic rings. The van der Waals surface area contributed by atoms with E-state index < -0.39 is 0 Å². The average Bonchev–Trinajstić information content (AvgIpc) is 2.15. The molecule has 0 spiro atoms. The van der Waals surface area contributed by atoms with Gasteiger partial charge in [0.1, 0.15) is 5.43 Å². The molecule has 0 aliphatic rings. The molecule has 0 fully saturated rings. The second-order valence-corrected chi connectivity index (χ2v) is 3.37. The summed E-state index contributed by atoms with van der Waals surface area (Å²) in [5, 5.41) is 2.22. The van der Waals surface area contributed by atoms with Gasteiger partial charge in [-0.1, -0.05) is 37.1 Å². The Labute approximate surface area is 77.0 Å². The average molecular weight is 438 g/mol. The van der Waals surface area contributed by atoms with Gasteiger partial charge in [0.25, 0.3) is 0 Å². The van der Waals surface area contributed by atoms with Crippen LogP contribution in [0.25, 0.3) is 10.8 Å². The second-order valence-electron chi connectivity index (χ2n) is 3.37.